The molecule has 0 atom stereocenters. The Hall–Kier alpha value is -1.52. The first-order valence-electron chi connectivity index (χ1n) is 3.56. The minimum Gasteiger partial charge on any atom is -0.383 e. The summed E-state index contributed by atoms with van der Waals surface area (Å²) in [6.45, 7) is 1.56. The number of hydrogen-bond donors (Lipinski definition) is 1. The number of hydrogen-bond acceptors (Lipinski definition) is 3. The number of alkyl halides is 2. The fourth-order valence-electron chi connectivity index (χ4n) is 0.933. The Morgan fingerprint density at radius 2 is 2.23 bits per heavy atom. The maximum absolute atomic E-state index is 12.3. The molecule has 0 aliphatic rings. The van der Waals surface area contributed by atoms with Crippen molar-refractivity contribution in [3.05, 3.63) is 22.9 Å². The molecule has 0 aromatic carbocycles. The Labute approximate surface area is 73.6 Å². The van der Waals surface area contributed by atoms with E-state index in [1.807, 2.05) is 0 Å². The average Bonchev–Trinajstić information content (AvgIpc) is 2.08. The molecule has 0 aliphatic carbocycles. The maximum atomic E-state index is 12.3. The summed E-state index contributed by atoms with van der Waals surface area (Å²) in [5, 5.41) is 0. The van der Waals surface area contributed by atoms with Crippen LogP contribution in [0.4, 0.5) is 14.6 Å². The van der Waals surface area contributed by atoms with Gasteiger partial charge in [-0.3, -0.25) is 4.79 Å². The number of halogens is 2. The fraction of sp³-hybridized carbons (Fsp3) is 0.250. The SMILES string of the molecule is Cc1cc(C(F)F)c(C=O)nc1N. The highest BCUT2D eigenvalue weighted by atomic mass is 19.3. The Balaban J connectivity index is 3.32. The van der Waals surface area contributed by atoms with Crippen LogP contribution >= 0.6 is 0 Å². The first-order valence-corrected chi connectivity index (χ1v) is 3.56. The lowest BCUT2D eigenvalue weighted by Gasteiger charge is -2.05. The molecule has 0 saturated heterocycles. The Morgan fingerprint density at radius 3 is 2.69 bits per heavy atom. The summed E-state index contributed by atoms with van der Waals surface area (Å²) < 4.78 is 24.6. The van der Waals surface area contributed by atoms with Gasteiger partial charge in [0, 0.05) is 5.56 Å². The number of rotatable bonds is 2. The number of nitrogens with zero attached hydrogens (tertiary/aromatic N) is 1. The lowest BCUT2D eigenvalue weighted by atomic mass is 10.1. The minimum atomic E-state index is -2.70. The van der Waals surface area contributed by atoms with Gasteiger partial charge in [-0.05, 0) is 18.6 Å². The molecular formula is C8H8F2N2O. The molecule has 1 heterocycles. The number of aldehydes is 1. The summed E-state index contributed by atoms with van der Waals surface area (Å²) >= 11 is 0. The summed E-state index contributed by atoms with van der Waals surface area (Å²) in [5.41, 5.74) is 5.13. The molecule has 5 heteroatoms. The number of pyridine rings is 1. The number of nitrogens with two attached hydrogens (primary N) is 1. The molecule has 13 heavy (non-hydrogen) atoms. The van der Waals surface area contributed by atoms with Crippen LogP contribution in [0.3, 0.4) is 0 Å². The van der Waals surface area contributed by atoms with E-state index >= 15 is 0 Å². The van der Waals surface area contributed by atoms with Gasteiger partial charge in [0.25, 0.3) is 6.43 Å². The molecule has 0 amide bonds. The second-order valence-corrected chi connectivity index (χ2v) is 2.58. The van der Waals surface area contributed by atoms with Crippen LogP contribution in [0.2, 0.25) is 0 Å². The third-order valence-corrected chi connectivity index (χ3v) is 1.66. The largest absolute Gasteiger partial charge is 0.383 e. The molecule has 0 spiro atoms. The number of aromatic nitrogens is 1. The topological polar surface area (TPSA) is 56.0 Å². The molecule has 1 aromatic rings. The van der Waals surface area contributed by atoms with E-state index in [0.717, 1.165) is 0 Å². The van der Waals surface area contributed by atoms with E-state index in [1.54, 1.807) is 6.92 Å². The molecular weight excluding hydrogens is 178 g/mol. The van der Waals surface area contributed by atoms with Crippen LogP contribution in [0.5, 0.6) is 0 Å². The van der Waals surface area contributed by atoms with Gasteiger partial charge in [-0.2, -0.15) is 0 Å². The van der Waals surface area contributed by atoms with Gasteiger partial charge in [-0.1, -0.05) is 0 Å². The Kier molecular flexibility index (Phi) is 2.55. The molecule has 2 N–H and O–H groups in total. The van der Waals surface area contributed by atoms with Gasteiger partial charge >= 0.3 is 0 Å². The van der Waals surface area contributed by atoms with E-state index in [2.05, 4.69) is 4.98 Å². The van der Waals surface area contributed by atoms with Crippen LogP contribution in [-0.4, -0.2) is 11.3 Å². The molecule has 0 bridgehead atoms. The van der Waals surface area contributed by atoms with Crippen molar-refractivity contribution >= 4 is 12.1 Å². The van der Waals surface area contributed by atoms with Gasteiger partial charge in [-0.15, -0.1) is 0 Å². The van der Waals surface area contributed by atoms with Crippen molar-refractivity contribution < 1.29 is 13.6 Å². The molecule has 0 unspecified atom stereocenters. The van der Waals surface area contributed by atoms with Crippen LogP contribution in [0, 0.1) is 6.92 Å². The Morgan fingerprint density at radius 1 is 1.62 bits per heavy atom. The molecule has 1 aromatic heterocycles. The first kappa shape index (κ1) is 9.57. The zero-order valence-electron chi connectivity index (χ0n) is 6.92. The summed E-state index contributed by atoms with van der Waals surface area (Å²) in [6.07, 6.45) is -2.43. The van der Waals surface area contributed by atoms with Gasteiger partial charge in [0.2, 0.25) is 0 Å². The van der Waals surface area contributed by atoms with Crippen LogP contribution < -0.4 is 5.73 Å². The number of carbonyl (C=O) groups excluding carboxylic acids is 1. The lowest BCUT2D eigenvalue weighted by Crippen LogP contribution is -2.03. The zero-order valence-corrected chi connectivity index (χ0v) is 6.92. The summed E-state index contributed by atoms with van der Waals surface area (Å²) in [4.78, 5) is 13.9. The quantitative estimate of drug-likeness (QED) is 0.715. The maximum Gasteiger partial charge on any atom is 0.266 e. The molecule has 0 fully saturated rings. The third-order valence-electron chi connectivity index (χ3n) is 1.66. The molecule has 3 nitrogen and oxygen atoms in total. The monoisotopic (exact) mass is 186 g/mol. The molecule has 0 saturated carbocycles. The summed E-state index contributed by atoms with van der Waals surface area (Å²) in [6, 6.07) is 1.18. The van der Waals surface area contributed by atoms with Crippen molar-refractivity contribution in [1.29, 1.82) is 0 Å². The third kappa shape index (κ3) is 1.80. The van der Waals surface area contributed by atoms with E-state index in [4.69, 9.17) is 5.73 Å². The lowest BCUT2D eigenvalue weighted by molar-refractivity contribution is 0.110. The zero-order chi connectivity index (χ0) is 10.0. The van der Waals surface area contributed by atoms with E-state index in [9.17, 15) is 13.6 Å². The van der Waals surface area contributed by atoms with Crippen molar-refractivity contribution in [2.24, 2.45) is 0 Å². The highest BCUT2D eigenvalue weighted by Gasteiger charge is 2.15. The summed E-state index contributed by atoms with van der Waals surface area (Å²) in [5.74, 6) is 0.103. The molecule has 0 radical (unpaired) electrons. The van der Waals surface area contributed by atoms with E-state index < -0.39 is 6.43 Å². The van der Waals surface area contributed by atoms with E-state index in [1.165, 1.54) is 6.07 Å². The number of carbonyl (C=O) groups is 1. The average molecular weight is 186 g/mol. The van der Waals surface area contributed by atoms with Crippen molar-refractivity contribution in [2.45, 2.75) is 13.3 Å². The van der Waals surface area contributed by atoms with Gasteiger partial charge in [0.15, 0.2) is 6.29 Å². The van der Waals surface area contributed by atoms with Crippen molar-refractivity contribution in [1.82, 2.24) is 4.98 Å². The fourth-order valence-corrected chi connectivity index (χ4v) is 0.933. The number of anilines is 1. The van der Waals surface area contributed by atoms with Gasteiger partial charge in [0.1, 0.15) is 11.5 Å². The van der Waals surface area contributed by atoms with Gasteiger partial charge in [-0.25, -0.2) is 13.8 Å². The highest BCUT2D eigenvalue weighted by molar-refractivity contribution is 5.75. The van der Waals surface area contributed by atoms with Crippen molar-refractivity contribution in [3.8, 4) is 0 Å². The highest BCUT2D eigenvalue weighted by Crippen LogP contribution is 2.23. The van der Waals surface area contributed by atoms with E-state index in [0.29, 0.717) is 5.56 Å². The van der Waals surface area contributed by atoms with Crippen molar-refractivity contribution in [3.63, 3.8) is 0 Å². The molecule has 1 rings (SSSR count). The van der Waals surface area contributed by atoms with Crippen LogP contribution in [-0.2, 0) is 0 Å². The molecule has 0 aliphatic heterocycles. The van der Waals surface area contributed by atoms with Gasteiger partial charge < -0.3 is 5.73 Å². The minimum absolute atomic E-state index is 0.103. The van der Waals surface area contributed by atoms with Crippen molar-refractivity contribution in [2.75, 3.05) is 5.73 Å². The predicted molar refractivity (Wildman–Crippen MR) is 43.7 cm³/mol. The van der Waals surface area contributed by atoms with E-state index in [-0.39, 0.29) is 23.4 Å². The number of nitrogen functional groups attached to an aromatic ring is 1. The normalized spacial score (nSPS) is 10.5. The number of aryl methyl sites for hydroxylation is 1. The van der Waals surface area contributed by atoms with Crippen LogP contribution in [0.15, 0.2) is 6.07 Å². The summed E-state index contributed by atoms with van der Waals surface area (Å²) in [7, 11) is 0. The smallest absolute Gasteiger partial charge is 0.266 e. The second-order valence-electron chi connectivity index (χ2n) is 2.58. The molecule has 70 valence electrons. The van der Waals surface area contributed by atoms with Crippen LogP contribution in [0.25, 0.3) is 0 Å². The first-order chi connectivity index (χ1) is 6.06. The van der Waals surface area contributed by atoms with Crippen LogP contribution in [0.1, 0.15) is 28.0 Å². The second kappa shape index (κ2) is 3.47. The predicted octanol–water partition coefficient (Wildman–Crippen LogP) is 1.72. The Bertz CT molecular complexity index is 339. The van der Waals surface area contributed by atoms with Gasteiger partial charge in [0.05, 0.1) is 0 Å². The standard InChI is InChI=1S/C8H8F2N2O/c1-4-2-5(7(9)10)6(3-13)12-8(4)11/h2-3,7H,1H3,(H2,11,12).